The minimum Gasteiger partial charge on any atom is -0.392 e. The van der Waals surface area contributed by atoms with Crippen molar-refractivity contribution in [1.82, 2.24) is 0 Å². The van der Waals surface area contributed by atoms with Crippen LogP contribution in [-0.2, 0) is 0 Å². The minimum absolute atomic E-state index is 0.0307. The monoisotopic (exact) mass is 187 g/mol. The van der Waals surface area contributed by atoms with Crippen molar-refractivity contribution < 1.29 is 5.11 Å². The van der Waals surface area contributed by atoms with E-state index < -0.39 is 0 Å². The number of nitrogens with two attached hydrogens (primary N) is 1. The average molecular weight is 187 g/mol. The number of hydrogen-bond acceptors (Lipinski definition) is 2. The van der Waals surface area contributed by atoms with E-state index in [1.807, 2.05) is 0 Å². The van der Waals surface area contributed by atoms with Crippen LogP contribution in [0.1, 0.15) is 52.9 Å². The van der Waals surface area contributed by atoms with Gasteiger partial charge in [0, 0.05) is 6.04 Å². The maximum atomic E-state index is 9.67. The number of unbranched alkanes of at least 4 members (excludes halogenated alkanes) is 2. The van der Waals surface area contributed by atoms with Gasteiger partial charge < -0.3 is 10.8 Å². The zero-order valence-electron chi connectivity index (χ0n) is 9.29. The van der Waals surface area contributed by atoms with Gasteiger partial charge in [0.15, 0.2) is 0 Å². The molecule has 0 radical (unpaired) electrons. The highest BCUT2D eigenvalue weighted by atomic mass is 16.3. The average Bonchev–Trinajstić information content (AvgIpc) is 2.03. The summed E-state index contributed by atoms with van der Waals surface area (Å²) >= 11 is 0. The molecule has 2 atom stereocenters. The summed E-state index contributed by atoms with van der Waals surface area (Å²) < 4.78 is 0. The molecule has 0 aliphatic heterocycles. The van der Waals surface area contributed by atoms with Gasteiger partial charge in [-0.15, -0.1) is 0 Å². The molecule has 0 aromatic heterocycles. The minimum atomic E-state index is -0.297. The molecule has 0 aliphatic carbocycles. The van der Waals surface area contributed by atoms with Crippen molar-refractivity contribution in [3.63, 3.8) is 0 Å². The summed E-state index contributed by atoms with van der Waals surface area (Å²) in [6.07, 6.45) is 4.99. The van der Waals surface area contributed by atoms with Crippen molar-refractivity contribution in [3.8, 4) is 0 Å². The molecule has 0 aliphatic rings. The van der Waals surface area contributed by atoms with Crippen LogP contribution in [0.5, 0.6) is 0 Å². The van der Waals surface area contributed by atoms with Crippen molar-refractivity contribution >= 4 is 0 Å². The summed E-state index contributed by atoms with van der Waals surface area (Å²) in [6.45, 7) is 6.44. The van der Waals surface area contributed by atoms with Crippen LogP contribution in [0.2, 0.25) is 0 Å². The van der Waals surface area contributed by atoms with Gasteiger partial charge in [0.05, 0.1) is 6.10 Å². The Morgan fingerprint density at radius 2 is 1.85 bits per heavy atom. The third kappa shape index (κ3) is 7.03. The van der Waals surface area contributed by atoms with E-state index in [0.717, 1.165) is 19.3 Å². The third-order valence-electron chi connectivity index (χ3n) is 2.34. The van der Waals surface area contributed by atoms with Crippen LogP contribution in [0, 0.1) is 5.92 Å². The fraction of sp³-hybridized carbons (Fsp3) is 1.00. The normalized spacial score (nSPS) is 16.2. The zero-order chi connectivity index (χ0) is 10.3. The molecule has 0 saturated carbocycles. The van der Waals surface area contributed by atoms with Gasteiger partial charge in [-0.05, 0) is 18.8 Å². The topological polar surface area (TPSA) is 46.2 Å². The van der Waals surface area contributed by atoms with Crippen LogP contribution < -0.4 is 5.73 Å². The Labute approximate surface area is 82.5 Å². The molecule has 3 N–H and O–H groups in total. The lowest BCUT2D eigenvalue weighted by molar-refractivity contribution is 0.122. The molecule has 2 unspecified atom stereocenters. The fourth-order valence-electron chi connectivity index (χ4n) is 1.52. The molecule has 2 heteroatoms. The molecule has 0 heterocycles. The van der Waals surface area contributed by atoms with E-state index in [1.165, 1.54) is 12.8 Å². The van der Waals surface area contributed by atoms with E-state index in [4.69, 9.17) is 5.73 Å². The smallest absolute Gasteiger partial charge is 0.0691 e. The van der Waals surface area contributed by atoms with Gasteiger partial charge in [0.2, 0.25) is 0 Å². The Morgan fingerprint density at radius 1 is 1.23 bits per heavy atom. The first kappa shape index (κ1) is 12.9. The van der Waals surface area contributed by atoms with Crippen molar-refractivity contribution in [1.29, 1.82) is 0 Å². The van der Waals surface area contributed by atoms with Gasteiger partial charge in [0.1, 0.15) is 0 Å². The lowest BCUT2D eigenvalue weighted by Gasteiger charge is -2.20. The molecule has 0 spiro atoms. The standard InChI is InChI=1S/C11H25NO/c1-4-5-6-7-11(13)10(12)8-9(2)3/h9-11,13H,4-8,12H2,1-3H3. The van der Waals surface area contributed by atoms with Crippen molar-refractivity contribution in [3.05, 3.63) is 0 Å². The van der Waals surface area contributed by atoms with Crippen molar-refractivity contribution in [2.24, 2.45) is 11.7 Å². The molecule has 0 aromatic rings. The van der Waals surface area contributed by atoms with E-state index in [-0.39, 0.29) is 12.1 Å². The third-order valence-corrected chi connectivity index (χ3v) is 2.34. The zero-order valence-corrected chi connectivity index (χ0v) is 9.29. The number of hydrogen-bond donors (Lipinski definition) is 2. The van der Waals surface area contributed by atoms with Gasteiger partial charge in [-0.1, -0.05) is 40.0 Å². The first-order valence-electron chi connectivity index (χ1n) is 5.51. The lowest BCUT2D eigenvalue weighted by atomic mass is 9.97. The van der Waals surface area contributed by atoms with E-state index in [1.54, 1.807) is 0 Å². The first-order chi connectivity index (χ1) is 6.07. The molecule has 13 heavy (non-hydrogen) atoms. The Balaban J connectivity index is 3.50. The van der Waals surface area contributed by atoms with E-state index >= 15 is 0 Å². The van der Waals surface area contributed by atoms with Crippen molar-refractivity contribution in [2.45, 2.75) is 65.0 Å². The molecule has 0 bridgehead atoms. The van der Waals surface area contributed by atoms with Crippen LogP contribution in [0.3, 0.4) is 0 Å². The molecule has 2 nitrogen and oxygen atoms in total. The fourth-order valence-corrected chi connectivity index (χ4v) is 1.52. The van der Waals surface area contributed by atoms with E-state index in [9.17, 15) is 5.11 Å². The van der Waals surface area contributed by atoms with Gasteiger partial charge in [-0.3, -0.25) is 0 Å². The Hall–Kier alpha value is -0.0800. The maximum Gasteiger partial charge on any atom is 0.0691 e. The molecule has 0 saturated heterocycles. The number of rotatable bonds is 7. The van der Waals surface area contributed by atoms with Gasteiger partial charge in [-0.2, -0.15) is 0 Å². The summed E-state index contributed by atoms with van der Waals surface area (Å²) in [5.41, 5.74) is 5.85. The highest BCUT2D eigenvalue weighted by Crippen LogP contribution is 2.11. The van der Waals surface area contributed by atoms with Gasteiger partial charge >= 0.3 is 0 Å². The molecular formula is C11H25NO. The molecule has 0 aromatic carbocycles. The molecule has 0 fully saturated rings. The quantitative estimate of drug-likeness (QED) is 0.601. The van der Waals surface area contributed by atoms with Gasteiger partial charge in [0.25, 0.3) is 0 Å². The summed E-state index contributed by atoms with van der Waals surface area (Å²) in [4.78, 5) is 0. The van der Waals surface area contributed by atoms with Crippen LogP contribution in [0.4, 0.5) is 0 Å². The molecule has 80 valence electrons. The summed E-state index contributed by atoms with van der Waals surface area (Å²) in [6, 6.07) is -0.0307. The van der Waals surface area contributed by atoms with Crippen molar-refractivity contribution in [2.75, 3.05) is 0 Å². The SMILES string of the molecule is CCCCCC(O)C(N)CC(C)C. The lowest BCUT2D eigenvalue weighted by Crippen LogP contribution is -2.35. The van der Waals surface area contributed by atoms with Crippen LogP contribution in [-0.4, -0.2) is 17.3 Å². The highest BCUT2D eigenvalue weighted by molar-refractivity contribution is 4.72. The second-order valence-electron chi connectivity index (χ2n) is 4.36. The summed E-state index contributed by atoms with van der Waals surface area (Å²) in [7, 11) is 0. The van der Waals surface area contributed by atoms with Gasteiger partial charge in [-0.25, -0.2) is 0 Å². The summed E-state index contributed by atoms with van der Waals surface area (Å²) in [5.74, 6) is 0.579. The second kappa shape index (κ2) is 7.34. The predicted molar refractivity (Wildman–Crippen MR) is 57.6 cm³/mol. The van der Waals surface area contributed by atoms with Crippen LogP contribution in [0.15, 0.2) is 0 Å². The van der Waals surface area contributed by atoms with E-state index in [2.05, 4.69) is 20.8 Å². The Kier molecular flexibility index (Phi) is 7.29. The number of aliphatic hydroxyl groups is 1. The van der Waals surface area contributed by atoms with E-state index in [0.29, 0.717) is 5.92 Å². The molecule has 0 amide bonds. The predicted octanol–water partition coefficient (Wildman–Crippen LogP) is 2.30. The van der Waals surface area contributed by atoms with Crippen LogP contribution >= 0.6 is 0 Å². The highest BCUT2D eigenvalue weighted by Gasteiger charge is 2.14. The first-order valence-corrected chi connectivity index (χ1v) is 5.51. The molecular weight excluding hydrogens is 162 g/mol. The molecule has 0 rings (SSSR count). The summed E-state index contributed by atoms with van der Waals surface area (Å²) in [5, 5.41) is 9.67. The number of aliphatic hydroxyl groups excluding tert-OH is 1. The van der Waals surface area contributed by atoms with Crippen LogP contribution in [0.25, 0.3) is 0 Å². The Bertz CT molecular complexity index is 115. The Morgan fingerprint density at radius 3 is 2.31 bits per heavy atom. The largest absolute Gasteiger partial charge is 0.392 e. The maximum absolute atomic E-state index is 9.67. The second-order valence-corrected chi connectivity index (χ2v) is 4.36.